The second kappa shape index (κ2) is 9.27. The highest BCUT2D eigenvalue weighted by Gasteiger charge is 2.11. The number of rotatable bonds is 7. The molecule has 0 spiro atoms. The number of carbonyl (C=O) groups excluding carboxylic acids is 2. The van der Waals surface area contributed by atoms with Crippen LogP contribution in [-0.4, -0.2) is 11.9 Å². The molecule has 2 rings (SSSR count). The summed E-state index contributed by atoms with van der Waals surface area (Å²) in [6, 6.07) is 7.83. The van der Waals surface area contributed by atoms with E-state index in [-0.39, 0.29) is 17.1 Å². The molecule has 28 heavy (non-hydrogen) atoms. The Labute approximate surface area is 160 Å². The molecule has 0 aliphatic carbocycles. The molecule has 0 unspecified atom stereocenters. The second-order valence-electron chi connectivity index (χ2n) is 5.49. The van der Waals surface area contributed by atoms with Gasteiger partial charge in [0.15, 0.2) is 23.1 Å². The fourth-order valence-electron chi connectivity index (χ4n) is 1.98. The minimum absolute atomic E-state index is 0.122. The molecule has 0 bridgehead atoms. The zero-order chi connectivity index (χ0) is 20.7. The van der Waals surface area contributed by atoms with Crippen LogP contribution in [-0.2, 0) is 14.3 Å². The number of benzene rings is 2. The van der Waals surface area contributed by atoms with Crippen molar-refractivity contribution in [1.82, 2.24) is 0 Å². The largest absolute Gasteiger partial charge is 0.459 e. The number of ether oxygens (including phenoxy) is 3. The van der Waals surface area contributed by atoms with Crippen LogP contribution in [0.25, 0.3) is 11.1 Å². The summed E-state index contributed by atoms with van der Waals surface area (Å²) >= 11 is 0. The summed E-state index contributed by atoms with van der Waals surface area (Å²) in [5, 5.41) is 0. The summed E-state index contributed by atoms with van der Waals surface area (Å²) in [6.07, 6.45) is 2.87. The van der Waals surface area contributed by atoms with E-state index in [2.05, 4.69) is 17.9 Å². The summed E-state index contributed by atoms with van der Waals surface area (Å²) in [6.45, 7) is 8.12. The van der Waals surface area contributed by atoms with Crippen molar-refractivity contribution >= 4 is 11.9 Å². The Kier molecular flexibility index (Phi) is 6.81. The van der Waals surface area contributed by atoms with Crippen molar-refractivity contribution in [3.8, 4) is 22.6 Å². The maximum Gasteiger partial charge on any atom is 0.338 e. The first-order valence-corrected chi connectivity index (χ1v) is 7.93. The van der Waals surface area contributed by atoms with Crippen LogP contribution in [0.2, 0.25) is 0 Å². The highest BCUT2D eigenvalue weighted by atomic mass is 19.1. The van der Waals surface area contributed by atoms with E-state index < -0.39 is 23.6 Å². The van der Waals surface area contributed by atoms with Crippen LogP contribution >= 0.6 is 0 Å². The van der Waals surface area contributed by atoms with Gasteiger partial charge in [-0.2, -0.15) is 0 Å². The molecule has 0 aliphatic heterocycles. The van der Waals surface area contributed by atoms with E-state index in [1.807, 2.05) is 0 Å². The van der Waals surface area contributed by atoms with Crippen molar-refractivity contribution in [2.45, 2.75) is 6.92 Å². The Balaban J connectivity index is 2.11. The predicted molar refractivity (Wildman–Crippen MR) is 98.3 cm³/mol. The van der Waals surface area contributed by atoms with Gasteiger partial charge in [0.25, 0.3) is 0 Å². The molecule has 144 valence electrons. The Morgan fingerprint density at radius 1 is 0.964 bits per heavy atom. The molecule has 0 aromatic heterocycles. The number of hydrogen-bond acceptors (Lipinski definition) is 5. The van der Waals surface area contributed by atoms with Gasteiger partial charge < -0.3 is 14.2 Å². The first-order chi connectivity index (χ1) is 13.3. The lowest BCUT2D eigenvalue weighted by Crippen LogP contribution is -2.04. The normalized spacial score (nSPS) is 10.4. The van der Waals surface area contributed by atoms with E-state index in [1.54, 1.807) is 0 Å². The van der Waals surface area contributed by atoms with Gasteiger partial charge in [-0.25, -0.2) is 18.4 Å². The monoisotopic (exact) mass is 386 g/mol. The van der Waals surface area contributed by atoms with Crippen molar-refractivity contribution in [2.24, 2.45) is 0 Å². The van der Waals surface area contributed by atoms with E-state index in [0.717, 1.165) is 30.7 Å². The third-order valence-corrected chi connectivity index (χ3v) is 3.35. The standard InChI is InChI=1S/C21H16F2O5/c1-4-20(24)28-19-8-6-15(12-17(19)23)14-5-7-18(16(22)11-14)26-9-10-27-21(25)13(2)3/h4-12H,1-2H2,3H3. The van der Waals surface area contributed by atoms with Crippen LogP contribution in [0.1, 0.15) is 6.92 Å². The summed E-state index contributed by atoms with van der Waals surface area (Å²) in [4.78, 5) is 22.3. The Bertz CT molecular complexity index is 963. The zero-order valence-electron chi connectivity index (χ0n) is 14.9. The number of hydrogen-bond donors (Lipinski definition) is 0. The van der Waals surface area contributed by atoms with Gasteiger partial charge in [-0.05, 0) is 42.3 Å². The molecular weight excluding hydrogens is 370 g/mol. The molecule has 0 aliphatic rings. The van der Waals surface area contributed by atoms with Crippen molar-refractivity contribution in [2.75, 3.05) is 0 Å². The molecule has 0 amide bonds. The lowest BCUT2D eigenvalue weighted by Gasteiger charge is -2.08. The van der Waals surface area contributed by atoms with Crippen LogP contribution in [0.4, 0.5) is 8.78 Å². The van der Waals surface area contributed by atoms with Crippen LogP contribution in [0, 0.1) is 11.6 Å². The zero-order valence-corrected chi connectivity index (χ0v) is 14.9. The minimum atomic E-state index is -0.791. The average molecular weight is 386 g/mol. The minimum Gasteiger partial charge on any atom is -0.459 e. The Hall–Kier alpha value is -3.74. The molecule has 0 saturated carbocycles. The topological polar surface area (TPSA) is 61.8 Å². The molecular formula is C21H16F2O5. The number of carbonyl (C=O) groups is 2. The van der Waals surface area contributed by atoms with Crippen LogP contribution in [0.15, 0.2) is 73.7 Å². The average Bonchev–Trinajstić information content (AvgIpc) is 2.67. The van der Waals surface area contributed by atoms with Crippen LogP contribution in [0.3, 0.4) is 0 Å². The molecule has 0 atom stereocenters. The molecule has 0 heterocycles. The van der Waals surface area contributed by atoms with E-state index in [1.165, 1.54) is 31.2 Å². The first kappa shape index (κ1) is 20.6. The maximum atomic E-state index is 14.2. The highest BCUT2D eigenvalue weighted by Crippen LogP contribution is 2.29. The molecule has 5 nitrogen and oxygen atoms in total. The Morgan fingerprint density at radius 3 is 2.04 bits per heavy atom. The Morgan fingerprint density at radius 2 is 1.54 bits per heavy atom. The van der Waals surface area contributed by atoms with E-state index in [0.29, 0.717) is 11.1 Å². The molecule has 0 fully saturated rings. The van der Waals surface area contributed by atoms with Gasteiger partial charge in [0, 0.05) is 11.6 Å². The molecule has 0 saturated heterocycles. The summed E-state index contributed by atoms with van der Waals surface area (Å²) in [7, 11) is 0. The lowest BCUT2D eigenvalue weighted by molar-refractivity contribution is -0.133. The smallest absolute Gasteiger partial charge is 0.338 e. The van der Waals surface area contributed by atoms with Gasteiger partial charge in [0.05, 0.1) is 0 Å². The number of halogens is 2. The fourth-order valence-corrected chi connectivity index (χ4v) is 1.98. The highest BCUT2D eigenvalue weighted by molar-refractivity contribution is 5.87. The molecule has 0 N–H and O–H groups in total. The van der Waals surface area contributed by atoms with Crippen LogP contribution in [0.5, 0.6) is 11.5 Å². The van der Waals surface area contributed by atoms with Gasteiger partial charge >= 0.3 is 11.9 Å². The molecule has 2 aromatic carbocycles. The SMILES string of the molecule is C=CC(=O)Oc1ccc(-c2ccc(OC=COC(=O)C(=C)C)c(F)c2)cc1F. The van der Waals surface area contributed by atoms with Crippen molar-refractivity contribution < 1.29 is 32.6 Å². The molecule has 2 aromatic rings. The van der Waals surface area contributed by atoms with Crippen molar-refractivity contribution in [3.63, 3.8) is 0 Å². The first-order valence-electron chi connectivity index (χ1n) is 7.93. The third-order valence-electron chi connectivity index (χ3n) is 3.35. The van der Waals surface area contributed by atoms with Gasteiger partial charge in [0.1, 0.15) is 12.5 Å². The van der Waals surface area contributed by atoms with Crippen molar-refractivity contribution in [1.29, 1.82) is 0 Å². The maximum absolute atomic E-state index is 14.2. The summed E-state index contributed by atoms with van der Waals surface area (Å²) in [5.74, 6) is -3.31. The summed E-state index contributed by atoms with van der Waals surface area (Å²) < 4.78 is 42.7. The quantitative estimate of drug-likeness (QED) is 0.299. The third kappa shape index (κ3) is 5.38. The van der Waals surface area contributed by atoms with Gasteiger partial charge in [0.2, 0.25) is 0 Å². The van der Waals surface area contributed by atoms with Crippen LogP contribution < -0.4 is 9.47 Å². The fraction of sp³-hybridized carbons (Fsp3) is 0.0476. The molecule has 0 radical (unpaired) electrons. The molecule has 7 heteroatoms. The summed E-state index contributed by atoms with van der Waals surface area (Å²) in [5.41, 5.74) is 0.952. The van der Waals surface area contributed by atoms with Gasteiger partial charge in [-0.1, -0.05) is 25.3 Å². The number of esters is 2. The van der Waals surface area contributed by atoms with Gasteiger partial charge in [-0.15, -0.1) is 0 Å². The van der Waals surface area contributed by atoms with E-state index >= 15 is 0 Å². The predicted octanol–water partition coefficient (Wildman–Crippen LogP) is 4.69. The lowest BCUT2D eigenvalue weighted by atomic mass is 10.0. The van der Waals surface area contributed by atoms with Crippen molar-refractivity contribution in [3.05, 3.63) is 85.4 Å². The van der Waals surface area contributed by atoms with E-state index in [9.17, 15) is 18.4 Å². The van der Waals surface area contributed by atoms with E-state index in [4.69, 9.17) is 9.47 Å². The van der Waals surface area contributed by atoms with Gasteiger partial charge in [-0.3, -0.25) is 0 Å². The second-order valence-corrected chi connectivity index (χ2v) is 5.49.